The molecule has 4 rings (SSSR count). The van der Waals surface area contributed by atoms with Gasteiger partial charge in [0.05, 0.1) is 5.52 Å². The molecule has 0 unspecified atom stereocenters. The van der Waals surface area contributed by atoms with Gasteiger partial charge < -0.3 is 4.90 Å². The molecular formula is C24H19ClN2O. The molecule has 0 N–H and O–H groups in total. The minimum absolute atomic E-state index is 0.136. The van der Waals surface area contributed by atoms with Crippen LogP contribution in [0.25, 0.3) is 22.0 Å². The fourth-order valence-corrected chi connectivity index (χ4v) is 3.43. The molecule has 138 valence electrons. The van der Waals surface area contributed by atoms with Gasteiger partial charge in [0.2, 0.25) is 0 Å². The van der Waals surface area contributed by atoms with Crippen molar-refractivity contribution in [3.8, 4) is 11.1 Å². The second-order valence-corrected chi connectivity index (χ2v) is 7.22. The van der Waals surface area contributed by atoms with Crippen LogP contribution in [0.1, 0.15) is 16.1 Å². The van der Waals surface area contributed by atoms with Crippen molar-refractivity contribution in [2.24, 2.45) is 0 Å². The van der Waals surface area contributed by atoms with Crippen LogP contribution in [0.5, 0.6) is 0 Å². The molecular weight excluding hydrogens is 368 g/mol. The van der Waals surface area contributed by atoms with Crippen molar-refractivity contribution < 1.29 is 4.79 Å². The van der Waals surface area contributed by atoms with E-state index in [9.17, 15) is 4.79 Å². The van der Waals surface area contributed by atoms with E-state index in [0.717, 1.165) is 33.3 Å². The molecule has 0 aliphatic carbocycles. The Morgan fingerprint density at radius 2 is 1.64 bits per heavy atom. The lowest BCUT2D eigenvalue weighted by molar-refractivity contribution is 0.0988. The quantitative estimate of drug-likeness (QED) is 0.423. The lowest BCUT2D eigenvalue weighted by Crippen LogP contribution is -2.27. The number of amides is 1. The molecule has 1 aromatic heterocycles. The van der Waals surface area contributed by atoms with Crippen molar-refractivity contribution in [2.45, 2.75) is 6.92 Å². The fraction of sp³-hybridized carbons (Fsp3) is 0.0833. The van der Waals surface area contributed by atoms with Crippen LogP contribution in [0.15, 0.2) is 78.9 Å². The number of benzene rings is 3. The summed E-state index contributed by atoms with van der Waals surface area (Å²) in [6.07, 6.45) is 0. The van der Waals surface area contributed by atoms with E-state index in [-0.39, 0.29) is 5.91 Å². The third kappa shape index (κ3) is 3.49. The van der Waals surface area contributed by atoms with Crippen LogP contribution in [0, 0.1) is 6.92 Å². The first-order valence-electron chi connectivity index (χ1n) is 9.03. The highest BCUT2D eigenvalue weighted by Gasteiger charge is 2.16. The van der Waals surface area contributed by atoms with E-state index in [1.165, 1.54) is 0 Å². The van der Waals surface area contributed by atoms with Crippen LogP contribution in [-0.2, 0) is 0 Å². The van der Waals surface area contributed by atoms with Crippen LogP contribution >= 0.6 is 11.6 Å². The number of rotatable bonds is 3. The zero-order chi connectivity index (χ0) is 19.7. The van der Waals surface area contributed by atoms with Crippen LogP contribution in [0.4, 0.5) is 5.69 Å². The van der Waals surface area contributed by atoms with Gasteiger partial charge >= 0.3 is 0 Å². The number of halogens is 1. The fourth-order valence-electron chi connectivity index (χ4n) is 3.30. The summed E-state index contributed by atoms with van der Waals surface area (Å²) in [5.41, 5.74) is 5.30. The van der Waals surface area contributed by atoms with Crippen molar-refractivity contribution in [1.82, 2.24) is 4.98 Å². The Hall–Kier alpha value is -3.17. The van der Waals surface area contributed by atoms with Gasteiger partial charge in [-0.15, -0.1) is 0 Å². The molecule has 1 amide bonds. The Bertz CT molecular complexity index is 1150. The monoisotopic (exact) mass is 386 g/mol. The molecule has 0 spiro atoms. The van der Waals surface area contributed by atoms with E-state index < -0.39 is 0 Å². The molecule has 0 saturated heterocycles. The first-order chi connectivity index (χ1) is 13.5. The Kier molecular flexibility index (Phi) is 4.84. The molecule has 0 bridgehead atoms. The van der Waals surface area contributed by atoms with Crippen LogP contribution in [0.3, 0.4) is 0 Å². The molecule has 28 heavy (non-hydrogen) atoms. The summed E-state index contributed by atoms with van der Waals surface area (Å²) in [5.74, 6) is -0.136. The van der Waals surface area contributed by atoms with Gasteiger partial charge in [-0.1, -0.05) is 48.0 Å². The van der Waals surface area contributed by atoms with Gasteiger partial charge in [-0.2, -0.15) is 0 Å². The summed E-state index contributed by atoms with van der Waals surface area (Å²) in [6.45, 7) is 2.03. The van der Waals surface area contributed by atoms with Gasteiger partial charge in [-0.25, -0.2) is 4.98 Å². The number of carbonyl (C=O) groups excluding carboxylic acids is 1. The van der Waals surface area contributed by atoms with Crippen LogP contribution in [-0.4, -0.2) is 17.9 Å². The van der Waals surface area contributed by atoms with Gasteiger partial charge in [-0.3, -0.25) is 4.79 Å². The zero-order valence-corrected chi connectivity index (χ0v) is 16.4. The average molecular weight is 387 g/mol. The van der Waals surface area contributed by atoms with Gasteiger partial charge in [0.25, 0.3) is 5.91 Å². The molecule has 0 aliphatic rings. The number of nitrogens with zero attached hydrogens (tertiary/aromatic N) is 2. The Morgan fingerprint density at radius 1 is 0.929 bits per heavy atom. The third-order valence-electron chi connectivity index (χ3n) is 4.77. The number of hydrogen-bond acceptors (Lipinski definition) is 2. The van der Waals surface area contributed by atoms with Gasteiger partial charge in [0.15, 0.2) is 0 Å². The van der Waals surface area contributed by atoms with Crippen molar-refractivity contribution in [3.05, 3.63) is 95.1 Å². The molecule has 3 aromatic carbocycles. The van der Waals surface area contributed by atoms with Gasteiger partial charge in [-0.05, 0) is 66.1 Å². The number of para-hydroxylation sites is 1. The summed E-state index contributed by atoms with van der Waals surface area (Å²) in [6, 6.07) is 25.2. The van der Waals surface area contributed by atoms with E-state index in [0.29, 0.717) is 10.7 Å². The van der Waals surface area contributed by atoms with Crippen molar-refractivity contribution >= 4 is 34.1 Å². The summed E-state index contributed by atoms with van der Waals surface area (Å²) in [4.78, 5) is 19.2. The molecule has 0 atom stereocenters. The summed E-state index contributed by atoms with van der Waals surface area (Å²) >= 11 is 6.03. The lowest BCUT2D eigenvalue weighted by Gasteiger charge is -2.17. The van der Waals surface area contributed by atoms with E-state index in [2.05, 4.69) is 11.1 Å². The standard InChI is InChI=1S/C24H19ClN2O/c1-16-14-21(17-8-10-18(25)11-9-17)20-12-13-22(26-23(20)15-16)24(28)27(2)19-6-4-3-5-7-19/h3-15H,1-2H3. The third-order valence-corrected chi connectivity index (χ3v) is 5.03. The molecule has 4 heteroatoms. The second kappa shape index (κ2) is 7.45. The van der Waals surface area contributed by atoms with Crippen LogP contribution < -0.4 is 4.90 Å². The first-order valence-corrected chi connectivity index (χ1v) is 9.41. The summed E-state index contributed by atoms with van der Waals surface area (Å²) in [7, 11) is 1.76. The summed E-state index contributed by atoms with van der Waals surface area (Å²) in [5, 5.41) is 1.71. The minimum atomic E-state index is -0.136. The molecule has 0 radical (unpaired) electrons. The Labute approximate surface area is 169 Å². The smallest absolute Gasteiger partial charge is 0.276 e. The Morgan fingerprint density at radius 3 is 2.36 bits per heavy atom. The van der Waals surface area contributed by atoms with E-state index in [1.54, 1.807) is 18.0 Å². The average Bonchev–Trinajstić information content (AvgIpc) is 2.73. The van der Waals surface area contributed by atoms with E-state index in [4.69, 9.17) is 11.6 Å². The second-order valence-electron chi connectivity index (χ2n) is 6.78. The van der Waals surface area contributed by atoms with E-state index >= 15 is 0 Å². The number of carbonyl (C=O) groups is 1. The topological polar surface area (TPSA) is 33.2 Å². The lowest BCUT2D eigenvalue weighted by atomic mass is 9.98. The first kappa shape index (κ1) is 18.2. The molecule has 0 aliphatic heterocycles. The molecule has 1 heterocycles. The normalized spacial score (nSPS) is 10.8. The van der Waals surface area contributed by atoms with Gasteiger partial charge in [0.1, 0.15) is 5.69 Å². The highest BCUT2D eigenvalue weighted by Crippen LogP contribution is 2.30. The van der Waals surface area contributed by atoms with Crippen molar-refractivity contribution in [1.29, 1.82) is 0 Å². The Balaban J connectivity index is 1.77. The van der Waals surface area contributed by atoms with Crippen molar-refractivity contribution in [2.75, 3.05) is 11.9 Å². The number of aryl methyl sites for hydroxylation is 1. The largest absolute Gasteiger partial charge is 0.310 e. The SMILES string of the molecule is Cc1cc(-c2ccc(Cl)cc2)c2ccc(C(=O)N(C)c3ccccc3)nc2c1. The number of anilines is 1. The molecule has 0 fully saturated rings. The zero-order valence-electron chi connectivity index (χ0n) is 15.7. The van der Waals surface area contributed by atoms with Crippen LogP contribution in [0.2, 0.25) is 5.02 Å². The number of hydrogen-bond donors (Lipinski definition) is 0. The van der Waals surface area contributed by atoms with Gasteiger partial charge in [0, 0.05) is 23.1 Å². The predicted octanol–water partition coefficient (Wildman–Crippen LogP) is 6.14. The number of fused-ring (bicyclic) bond motifs is 1. The molecule has 4 aromatic rings. The predicted molar refractivity (Wildman–Crippen MR) is 116 cm³/mol. The highest BCUT2D eigenvalue weighted by molar-refractivity contribution is 6.30. The minimum Gasteiger partial charge on any atom is -0.310 e. The highest BCUT2D eigenvalue weighted by atomic mass is 35.5. The number of pyridine rings is 1. The maximum absolute atomic E-state index is 12.9. The molecule has 0 saturated carbocycles. The summed E-state index contributed by atoms with van der Waals surface area (Å²) < 4.78 is 0. The number of aromatic nitrogens is 1. The maximum atomic E-state index is 12.9. The van der Waals surface area contributed by atoms with E-state index in [1.807, 2.05) is 73.7 Å². The maximum Gasteiger partial charge on any atom is 0.276 e. The van der Waals surface area contributed by atoms with Crippen molar-refractivity contribution in [3.63, 3.8) is 0 Å². The molecule has 3 nitrogen and oxygen atoms in total.